The highest BCUT2D eigenvalue weighted by molar-refractivity contribution is 5.53. The molecule has 2 aromatic carbocycles. The van der Waals surface area contributed by atoms with Gasteiger partial charge in [-0.05, 0) is 49.6 Å². The lowest BCUT2D eigenvalue weighted by molar-refractivity contribution is 0.485. The second-order valence-corrected chi connectivity index (χ2v) is 6.46. The van der Waals surface area contributed by atoms with E-state index in [0.29, 0.717) is 17.7 Å². The van der Waals surface area contributed by atoms with Crippen molar-refractivity contribution in [1.29, 1.82) is 0 Å². The number of hydrogen-bond donors (Lipinski definition) is 1. The zero-order valence-corrected chi connectivity index (χ0v) is 14.6. The summed E-state index contributed by atoms with van der Waals surface area (Å²) in [5, 5.41) is 11.8. The van der Waals surface area contributed by atoms with Crippen LogP contribution < -0.4 is 5.32 Å². The maximum atomic E-state index is 5.84. The molecule has 1 unspecified atom stereocenters. The van der Waals surface area contributed by atoms with Crippen LogP contribution in [0.2, 0.25) is 0 Å². The third-order valence-corrected chi connectivity index (χ3v) is 4.04. The molecule has 0 saturated carbocycles. The number of hydrogen-bond acceptors (Lipinski definition) is 4. The van der Waals surface area contributed by atoms with Crippen molar-refractivity contribution in [3.8, 4) is 11.5 Å². The molecule has 0 radical (unpaired) electrons. The Labute approximate surface area is 142 Å². The van der Waals surface area contributed by atoms with Crippen LogP contribution in [0.4, 0.5) is 5.69 Å². The van der Waals surface area contributed by atoms with E-state index in [0.717, 1.165) is 11.3 Å². The number of nitrogens with one attached hydrogen (secondary N) is 1. The first-order valence-corrected chi connectivity index (χ1v) is 8.30. The highest BCUT2D eigenvalue weighted by atomic mass is 16.4. The van der Waals surface area contributed by atoms with Gasteiger partial charge in [-0.2, -0.15) is 0 Å². The third kappa shape index (κ3) is 3.65. The molecular weight excluding hydrogens is 298 g/mol. The van der Waals surface area contributed by atoms with Gasteiger partial charge in [0.2, 0.25) is 11.8 Å². The summed E-state index contributed by atoms with van der Waals surface area (Å²) < 4.78 is 5.84. The van der Waals surface area contributed by atoms with Gasteiger partial charge in [0.15, 0.2) is 0 Å². The summed E-state index contributed by atoms with van der Waals surface area (Å²) in [6, 6.07) is 16.5. The molecule has 4 heteroatoms. The normalized spacial score (nSPS) is 12.4. The van der Waals surface area contributed by atoms with Crippen molar-refractivity contribution < 1.29 is 4.42 Å². The standard InChI is InChI=1S/C20H23N3O/c1-13(2)16-8-10-18(11-9-16)21-15(4)19-22-23-20(24-19)17-7-5-6-14(3)12-17/h5-13,15,21H,1-4H3. The number of aryl methyl sites for hydroxylation is 1. The van der Waals surface area contributed by atoms with Crippen molar-refractivity contribution in [2.75, 3.05) is 5.32 Å². The van der Waals surface area contributed by atoms with Crippen LogP contribution in [0.25, 0.3) is 11.5 Å². The Balaban J connectivity index is 1.72. The molecule has 0 aliphatic carbocycles. The molecule has 0 aliphatic heterocycles. The van der Waals surface area contributed by atoms with E-state index >= 15 is 0 Å². The van der Waals surface area contributed by atoms with Crippen LogP contribution in [0.5, 0.6) is 0 Å². The van der Waals surface area contributed by atoms with Gasteiger partial charge in [-0.25, -0.2) is 0 Å². The Morgan fingerprint density at radius 1 is 0.958 bits per heavy atom. The van der Waals surface area contributed by atoms with Crippen molar-refractivity contribution in [2.24, 2.45) is 0 Å². The molecule has 0 fully saturated rings. The molecule has 0 saturated heterocycles. The van der Waals surface area contributed by atoms with E-state index in [1.807, 2.05) is 38.1 Å². The fourth-order valence-electron chi connectivity index (χ4n) is 2.58. The second-order valence-electron chi connectivity index (χ2n) is 6.46. The molecule has 1 N–H and O–H groups in total. The van der Waals surface area contributed by atoms with Gasteiger partial charge in [-0.3, -0.25) is 0 Å². The first-order valence-electron chi connectivity index (χ1n) is 8.30. The number of anilines is 1. The molecule has 1 heterocycles. The van der Waals surface area contributed by atoms with E-state index in [4.69, 9.17) is 4.42 Å². The monoisotopic (exact) mass is 321 g/mol. The van der Waals surface area contributed by atoms with Gasteiger partial charge in [0.05, 0.1) is 0 Å². The Bertz CT molecular complexity index is 806. The molecule has 0 bridgehead atoms. The SMILES string of the molecule is Cc1cccc(-c2nnc(C(C)Nc3ccc(C(C)C)cc3)o2)c1. The number of aromatic nitrogens is 2. The topological polar surface area (TPSA) is 51.0 Å². The van der Waals surface area contributed by atoms with Crippen LogP contribution in [0.3, 0.4) is 0 Å². The smallest absolute Gasteiger partial charge is 0.247 e. The number of nitrogens with zero attached hydrogens (tertiary/aromatic N) is 2. The fraction of sp³-hybridized carbons (Fsp3) is 0.300. The molecular formula is C20H23N3O. The molecule has 0 spiro atoms. The molecule has 1 aromatic heterocycles. The fourth-order valence-corrected chi connectivity index (χ4v) is 2.58. The van der Waals surface area contributed by atoms with E-state index < -0.39 is 0 Å². The summed E-state index contributed by atoms with van der Waals surface area (Å²) in [5.74, 6) is 1.67. The highest BCUT2D eigenvalue weighted by Crippen LogP contribution is 2.24. The van der Waals surface area contributed by atoms with Crippen LogP contribution in [0.15, 0.2) is 52.9 Å². The summed E-state index contributed by atoms with van der Waals surface area (Å²) in [6.45, 7) is 8.45. The summed E-state index contributed by atoms with van der Waals surface area (Å²) in [4.78, 5) is 0. The van der Waals surface area contributed by atoms with Crippen molar-refractivity contribution in [3.05, 3.63) is 65.5 Å². The van der Waals surface area contributed by atoms with Gasteiger partial charge < -0.3 is 9.73 Å². The summed E-state index contributed by atoms with van der Waals surface area (Å²) in [5.41, 5.74) is 4.49. The summed E-state index contributed by atoms with van der Waals surface area (Å²) >= 11 is 0. The lowest BCUT2D eigenvalue weighted by Crippen LogP contribution is -2.07. The Hall–Kier alpha value is -2.62. The van der Waals surface area contributed by atoms with Gasteiger partial charge >= 0.3 is 0 Å². The lowest BCUT2D eigenvalue weighted by atomic mass is 10.0. The maximum absolute atomic E-state index is 5.84. The first kappa shape index (κ1) is 16.2. The number of benzene rings is 2. The Kier molecular flexibility index (Phi) is 4.65. The molecule has 1 atom stereocenters. The third-order valence-electron chi connectivity index (χ3n) is 4.04. The molecule has 24 heavy (non-hydrogen) atoms. The minimum absolute atomic E-state index is 0.0547. The van der Waals surface area contributed by atoms with Crippen LogP contribution >= 0.6 is 0 Å². The molecule has 0 amide bonds. The van der Waals surface area contributed by atoms with Gasteiger partial charge in [0.25, 0.3) is 0 Å². The predicted molar refractivity (Wildman–Crippen MR) is 97.0 cm³/mol. The van der Waals surface area contributed by atoms with Crippen molar-refractivity contribution in [3.63, 3.8) is 0 Å². The highest BCUT2D eigenvalue weighted by Gasteiger charge is 2.15. The molecule has 4 nitrogen and oxygen atoms in total. The largest absolute Gasteiger partial charge is 0.418 e. The average Bonchev–Trinajstić information content (AvgIpc) is 3.05. The number of rotatable bonds is 5. The molecule has 124 valence electrons. The second kappa shape index (κ2) is 6.87. The van der Waals surface area contributed by atoms with Crippen molar-refractivity contribution >= 4 is 5.69 Å². The van der Waals surface area contributed by atoms with E-state index in [9.17, 15) is 0 Å². The van der Waals surface area contributed by atoms with Crippen LogP contribution in [-0.2, 0) is 0 Å². The summed E-state index contributed by atoms with van der Waals surface area (Å²) in [7, 11) is 0. The molecule has 3 rings (SSSR count). The average molecular weight is 321 g/mol. The Morgan fingerprint density at radius 2 is 1.71 bits per heavy atom. The quantitative estimate of drug-likeness (QED) is 0.689. The Morgan fingerprint density at radius 3 is 2.38 bits per heavy atom. The van der Waals surface area contributed by atoms with Crippen molar-refractivity contribution in [2.45, 2.75) is 39.7 Å². The first-order chi connectivity index (χ1) is 11.5. The van der Waals surface area contributed by atoms with Gasteiger partial charge in [0.1, 0.15) is 6.04 Å². The maximum Gasteiger partial charge on any atom is 0.247 e. The minimum Gasteiger partial charge on any atom is -0.418 e. The molecule has 3 aromatic rings. The zero-order valence-electron chi connectivity index (χ0n) is 14.6. The minimum atomic E-state index is -0.0547. The van der Waals surface area contributed by atoms with E-state index in [1.165, 1.54) is 11.1 Å². The van der Waals surface area contributed by atoms with E-state index in [-0.39, 0.29) is 6.04 Å². The van der Waals surface area contributed by atoms with Gasteiger partial charge in [-0.15, -0.1) is 10.2 Å². The predicted octanol–water partition coefficient (Wildman–Crippen LogP) is 5.34. The zero-order chi connectivity index (χ0) is 17.1. The van der Waals surface area contributed by atoms with Crippen LogP contribution in [-0.4, -0.2) is 10.2 Å². The van der Waals surface area contributed by atoms with E-state index in [2.05, 4.69) is 53.6 Å². The molecule has 0 aliphatic rings. The lowest BCUT2D eigenvalue weighted by Gasteiger charge is -2.12. The van der Waals surface area contributed by atoms with Crippen LogP contribution in [0, 0.1) is 6.92 Å². The van der Waals surface area contributed by atoms with Crippen LogP contribution in [0.1, 0.15) is 49.7 Å². The summed E-state index contributed by atoms with van der Waals surface area (Å²) in [6.07, 6.45) is 0. The van der Waals surface area contributed by atoms with Gasteiger partial charge in [0, 0.05) is 11.3 Å². The van der Waals surface area contributed by atoms with Gasteiger partial charge in [-0.1, -0.05) is 43.7 Å². The van der Waals surface area contributed by atoms with E-state index in [1.54, 1.807) is 0 Å². The van der Waals surface area contributed by atoms with Crippen molar-refractivity contribution in [1.82, 2.24) is 10.2 Å².